The summed E-state index contributed by atoms with van der Waals surface area (Å²) in [6.07, 6.45) is 2.58. The highest BCUT2D eigenvalue weighted by atomic mass is 16.5. The van der Waals surface area contributed by atoms with Crippen molar-refractivity contribution in [2.45, 2.75) is 6.92 Å². The number of esters is 1. The Labute approximate surface area is 165 Å². The second-order valence-electron chi connectivity index (χ2n) is 6.20. The number of hydrogen-bond acceptors (Lipinski definition) is 6. The smallest absolute Gasteiger partial charge is 0.359 e. The molecule has 0 spiro atoms. The highest BCUT2D eigenvalue weighted by Crippen LogP contribution is 2.25. The van der Waals surface area contributed by atoms with Crippen LogP contribution in [0.4, 0.5) is 5.69 Å². The number of rotatable bonds is 4. The van der Waals surface area contributed by atoms with Gasteiger partial charge in [0, 0.05) is 0 Å². The molecule has 2 heterocycles. The molecule has 1 aliphatic heterocycles. The third-order valence-corrected chi connectivity index (χ3v) is 4.35. The Morgan fingerprint density at radius 3 is 2.59 bits per heavy atom. The lowest BCUT2D eigenvalue weighted by Crippen LogP contribution is -2.23. The maximum absolute atomic E-state index is 13.0. The zero-order chi connectivity index (χ0) is 20.4. The summed E-state index contributed by atoms with van der Waals surface area (Å²) >= 11 is 0. The van der Waals surface area contributed by atoms with Gasteiger partial charge in [-0.15, -0.1) is 0 Å². The molecule has 2 aromatic carbocycles. The van der Waals surface area contributed by atoms with E-state index in [1.807, 2.05) is 0 Å². The summed E-state index contributed by atoms with van der Waals surface area (Å²) in [5, 5.41) is 5.64. The van der Waals surface area contributed by atoms with Gasteiger partial charge < -0.3 is 9.15 Å². The Kier molecular flexibility index (Phi) is 4.78. The van der Waals surface area contributed by atoms with E-state index in [1.54, 1.807) is 61.5 Å². The summed E-state index contributed by atoms with van der Waals surface area (Å²) in [4.78, 5) is 38.2. The highest BCUT2D eigenvalue weighted by molar-refractivity contribution is 6.54. The van der Waals surface area contributed by atoms with Crippen LogP contribution >= 0.6 is 0 Å². The lowest BCUT2D eigenvalue weighted by atomic mass is 10.1. The summed E-state index contributed by atoms with van der Waals surface area (Å²) in [5.74, 6) is -1.28. The number of carbonyl (C=O) groups is 2. The zero-order valence-electron chi connectivity index (χ0n) is 15.5. The van der Waals surface area contributed by atoms with Crippen LogP contribution in [0.15, 0.2) is 80.7 Å². The topological polar surface area (TPSA) is 89.2 Å². The average Bonchev–Trinajstić information content (AvgIpc) is 3.07. The van der Waals surface area contributed by atoms with Crippen LogP contribution in [0.5, 0.6) is 0 Å². The molecular formula is C22H16N2O5. The first-order valence-electron chi connectivity index (χ1n) is 8.98. The predicted molar refractivity (Wildman–Crippen MR) is 108 cm³/mol. The molecule has 0 atom stereocenters. The van der Waals surface area contributed by atoms with Gasteiger partial charge in [0.15, 0.2) is 11.1 Å². The minimum absolute atomic E-state index is 0.0325. The van der Waals surface area contributed by atoms with Gasteiger partial charge in [-0.1, -0.05) is 30.3 Å². The number of amides is 1. The Balaban J connectivity index is 1.83. The number of anilines is 1. The van der Waals surface area contributed by atoms with Gasteiger partial charge in [-0.2, -0.15) is 10.1 Å². The number of hydrogen-bond donors (Lipinski definition) is 0. The number of hydrazone groups is 1. The van der Waals surface area contributed by atoms with Crippen molar-refractivity contribution < 1.29 is 18.7 Å². The van der Waals surface area contributed by atoms with Crippen molar-refractivity contribution in [3.05, 3.63) is 82.2 Å². The SMILES string of the molecule is CCOC(=O)C1=NN(c2ccccc2)C(=O)/C1=C\c1coc2ccccc2c1=O. The van der Waals surface area contributed by atoms with Crippen LogP contribution in [0.2, 0.25) is 0 Å². The van der Waals surface area contributed by atoms with E-state index in [9.17, 15) is 14.4 Å². The number of benzene rings is 2. The molecule has 0 radical (unpaired) electrons. The molecule has 0 saturated heterocycles. The molecule has 0 unspecified atom stereocenters. The molecule has 7 nitrogen and oxygen atoms in total. The maximum Gasteiger partial charge on any atom is 0.359 e. The largest absolute Gasteiger partial charge is 0.463 e. The van der Waals surface area contributed by atoms with Crippen LogP contribution in [0.3, 0.4) is 0 Å². The molecule has 29 heavy (non-hydrogen) atoms. The minimum Gasteiger partial charge on any atom is -0.463 e. The molecule has 0 bridgehead atoms. The van der Waals surface area contributed by atoms with E-state index >= 15 is 0 Å². The fourth-order valence-electron chi connectivity index (χ4n) is 2.99. The van der Waals surface area contributed by atoms with Crippen LogP contribution in [-0.2, 0) is 14.3 Å². The van der Waals surface area contributed by atoms with Gasteiger partial charge in [-0.05, 0) is 37.3 Å². The molecule has 1 amide bonds. The lowest BCUT2D eigenvalue weighted by molar-refractivity contribution is -0.135. The number of nitrogens with zero attached hydrogens (tertiary/aromatic N) is 2. The second-order valence-corrected chi connectivity index (χ2v) is 6.20. The van der Waals surface area contributed by atoms with Crippen molar-refractivity contribution in [3.8, 4) is 0 Å². The molecule has 0 N–H and O–H groups in total. The summed E-state index contributed by atoms with van der Waals surface area (Å²) < 4.78 is 10.5. The van der Waals surface area contributed by atoms with Gasteiger partial charge in [0.25, 0.3) is 5.91 Å². The van der Waals surface area contributed by atoms with Crippen LogP contribution in [0.25, 0.3) is 17.0 Å². The van der Waals surface area contributed by atoms with Crippen molar-refractivity contribution in [1.29, 1.82) is 0 Å². The van der Waals surface area contributed by atoms with Gasteiger partial charge in [0.2, 0.25) is 0 Å². The third-order valence-electron chi connectivity index (χ3n) is 4.35. The second kappa shape index (κ2) is 7.55. The molecule has 0 fully saturated rings. The Morgan fingerprint density at radius 2 is 1.83 bits per heavy atom. The van der Waals surface area contributed by atoms with Crippen LogP contribution < -0.4 is 10.4 Å². The maximum atomic E-state index is 13.0. The first-order valence-corrected chi connectivity index (χ1v) is 8.98. The molecule has 1 aromatic heterocycles. The lowest BCUT2D eigenvalue weighted by Gasteiger charge is -2.10. The van der Waals surface area contributed by atoms with E-state index in [0.29, 0.717) is 16.7 Å². The average molecular weight is 388 g/mol. The first-order chi connectivity index (χ1) is 14.1. The van der Waals surface area contributed by atoms with E-state index in [2.05, 4.69) is 5.10 Å². The van der Waals surface area contributed by atoms with E-state index in [0.717, 1.165) is 5.01 Å². The quantitative estimate of drug-likeness (QED) is 0.506. The number of carbonyl (C=O) groups excluding carboxylic acids is 2. The predicted octanol–water partition coefficient (Wildman–Crippen LogP) is 3.14. The van der Waals surface area contributed by atoms with Crippen molar-refractivity contribution in [3.63, 3.8) is 0 Å². The van der Waals surface area contributed by atoms with E-state index < -0.39 is 11.9 Å². The van der Waals surface area contributed by atoms with Crippen molar-refractivity contribution >= 4 is 40.3 Å². The van der Waals surface area contributed by atoms with Crippen LogP contribution in [-0.4, -0.2) is 24.2 Å². The molecule has 4 rings (SSSR count). The van der Waals surface area contributed by atoms with E-state index in [4.69, 9.17) is 9.15 Å². The Hall–Kier alpha value is -4.00. The number of para-hydroxylation sites is 2. The van der Waals surface area contributed by atoms with Gasteiger partial charge >= 0.3 is 5.97 Å². The fraction of sp³-hybridized carbons (Fsp3) is 0.0909. The summed E-state index contributed by atoms with van der Waals surface area (Å²) in [7, 11) is 0. The monoisotopic (exact) mass is 388 g/mol. The fourth-order valence-corrected chi connectivity index (χ4v) is 2.99. The summed E-state index contributed by atoms with van der Waals surface area (Å²) in [6.45, 7) is 1.79. The zero-order valence-corrected chi connectivity index (χ0v) is 15.5. The van der Waals surface area contributed by atoms with Gasteiger partial charge in [0.1, 0.15) is 11.8 Å². The van der Waals surface area contributed by atoms with E-state index in [-0.39, 0.29) is 28.9 Å². The summed E-state index contributed by atoms with van der Waals surface area (Å²) in [6, 6.07) is 15.5. The normalized spacial score (nSPS) is 15.1. The number of fused-ring (bicyclic) bond motifs is 1. The van der Waals surface area contributed by atoms with Crippen LogP contribution in [0.1, 0.15) is 12.5 Å². The van der Waals surface area contributed by atoms with Crippen molar-refractivity contribution in [1.82, 2.24) is 0 Å². The van der Waals surface area contributed by atoms with Crippen LogP contribution in [0, 0.1) is 0 Å². The molecule has 3 aromatic rings. The van der Waals surface area contributed by atoms with Gasteiger partial charge in [-0.25, -0.2) is 4.79 Å². The highest BCUT2D eigenvalue weighted by Gasteiger charge is 2.36. The van der Waals surface area contributed by atoms with Gasteiger partial charge in [0.05, 0.1) is 28.8 Å². The third kappa shape index (κ3) is 3.34. The summed E-state index contributed by atoms with van der Waals surface area (Å²) in [5.41, 5.74) is 0.562. The van der Waals surface area contributed by atoms with Crippen molar-refractivity contribution in [2.75, 3.05) is 11.6 Å². The van der Waals surface area contributed by atoms with Gasteiger partial charge in [-0.3, -0.25) is 9.59 Å². The first kappa shape index (κ1) is 18.4. The van der Waals surface area contributed by atoms with Crippen molar-refractivity contribution in [2.24, 2.45) is 5.10 Å². The Bertz CT molecular complexity index is 1220. The molecule has 0 saturated carbocycles. The number of ether oxygens (including phenoxy) is 1. The molecule has 144 valence electrons. The van der Waals surface area contributed by atoms with E-state index in [1.165, 1.54) is 12.3 Å². The standard InChI is InChI=1S/C22H16N2O5/c1-2-28-22(27)19-17(21(26)24(23-19)15-8-4-3-5-9-15)12-14-13-29-18-11-7-6-10-16(18)20(14)25/h3-13H,2H2,1H3/b17-12-. The molecule has 0 aliphatic carbocycles. The Morgan fingerprint density at radius 1 is 1.10 bits per heavy atom. The molecule has 1 aliphatic rings. The minimum atomic E-state index is -0.740. The molecule has 7 heteroatoms. The molecular weight excluding hydrogens is 372 g/mol.